The number of fused-ring (bicyclic) bond motifs is 2. The Kier molecular flexibility index (Phi) is 10.4. The monoisotopic (exact) mass is 626 g/mol. The van der Waals surface area contributed by atoms with E-state index in [1.807, 2.05) is 19.9 Å². The Morgan fingerprint density at radius 1 is 1.02 bits per heavy atom. The predicted molar refractivity (Wildman–Crippen MR) is 171 cm³/mol. The summed E-state index contributed by atoms with van der Waals surface area (Å²) in [5.74, 6) is 0.610. The van der Waals surface area contributed by atoms with Crippen molar-refractivity contribution < 1.29 is 13.2 Å². The van der Waals surface area contributed by atoms with Gasteiger partial charge in [-0.25, -0.2) is 9.97 Å². The normalized spacial score (nSPS) is 17.0. The molecule has 0 radical (unpaired) electrons. The van der Waals surface area contributed by atoms with Crippen molar-refractivity contribution in [3.63, 3.8) is 0 Å². The summed E-state index contributed by atoms with van der Waals surface area (Å²) >= 11 is 1.07. The Morgan fingerprint density at radius 2 is 1.77 bits per heavy atom. The highest BCUT2D eigenvalue weighted by Crippen LogP contribution is 2.33. The van der Waals surface area contributed by atoms with Crippen LogP contribution in [0.2, 0.25) is 0 Å². The SMILES string of the molecule is CC.Cc1c(CN2CCC(Nc3ncnc4sc(CC(F)(F)F)cc34)CC2)ccc2c1cc(C#N)n2CCN1CCNCC1. The molecule has 3 aromatic heterocycles. The highest BCUT2D eigenvalue weighted by atomic mass is 32.1. The number of piperidine rings is 1. The molecule has 2 aliphatic heterocycles. The topological polar surface area (TPSA) is 85.0 Å². The zero-order valence-electron chi connectivity index (χ0n) is 25.7. The lowest BCUT2D eigenvalue weighted by Crippen LogP contribution is -2.44. The molecule has 5 heterocycles. The molecule has 2 saturated heterocycles. The lowest BCUT2D eigenvalue weighted by atomic mass is 10.0. The fraction of sp³-hybridized carbons (Fsp3) is 0.531. The van der Waals surface area contributed by atoms with E-state index >= 15 is 0 Å². The summed E-state index contributed by atoms with van der Waals surface area (Å²) in [6, 6.07) is 10.6. The average Bonchev–Trinajstić information content (AvgIpc) is 3.60. The largest absolute Gasteiger partial charge is 0.393 e. The molecular formula is C32H41F3N8S. The van der Waals surface area contributed by atoms with Gasteiger partial charge in [-0.2, -0.15) is 18.4 Å². The molecule has 0 spiro atoms. The number of piperazine rings is 1. The summed E-state index contributed by atoms with van der Waals surface area (Å²) in [7, 11) is 0. The van der Waals surface area contributed by atoms with Crippen LogP contribution in [0.25, 0.3) is 21.1 Å². The van der Waals surface area contributed by atoms with Gasteiger partial charge in [-0.05, 0) is 49.1 Å². The van der Waals surface area contributed by atoms with E-state index in [1.165, 1.54) is 17.5 Å². The van der Waals surface area contributed by atoms with E-state index in [-0.39, 0.29) is 10.9 Å². The third kappa shape index (κ3) is 7.51. The molecule has 0 amide bonds. The number of halogens is 3. The fourth-order valence-electron chi connectivity index (χ4n) is 6.18. The number of nitrogens with one attached hydrogen (secondary N) is 2. The molecule has 0 atom stereocenters. The number of aryl methyl sites for hydroxylation is 1. The molecule has 0 unspecified atom stereocenters. The highest BCUT2D eigenvalue weighted by molar-refractivity contribution is 7.18. The van der Waals surface area contributed by atoms with Gasteiger partial charge in [-0.1, -0.05) is 19.9 Å². The molecule has 44 heavy (non-hydrogen) atoms. The second-order valence-corrected chi connectivity index (χ2v) is 12.4. The molecule has 0 aliphatic carbocycles. The van der Waals surface area contributed by atoms with Crippen LogP contribution in [0, 0.1) is 18.3 Å². The summed E-state index contributed by atoms with van der Waals surface area (Å²) in [6.07, 6.45) is -1.95. The Morgan fingerprint density at radius 3 is 2.48 bits per heavy atom. The van der Waals surface area contributed by atoms with E-state index in [4.69, 9.17) is 0 Å². The van der Waals surface area contributed by atoms with Gasteiger partial charge in [0.2, 0.25) is 0 Å². The summed E-state index contributed by atoms with van der Waals surface area (Å²) in [4.78, 5) is 14.3. The first-order valence-corrected chi connectivity index (χ1v) is 16.3. The molecular weight excluding hydrogens is 585 g/mol. The first kappa shape index (κ1) is 32.2. The van der Waals surface area contributed by atoms with Gasteiger partial charge in [0, 0.05) is 80.7 Å². The number of alkyl halides is 3. The fourth-order valence-corrected chi connectivity index (χ4v) is 7.20. The summed E-state index contributed by atoms with van der Waals surface area (Å²) in [5, 5.41) is 18.5. The lowest BCUT2D eigenvalue weighted by molar-refractivity contribution is -0.126. The number of thiophene rings is 1. The molecule has 236 valence electrons. The van der Waals surface area contributed by atoms with Crippen LogP contribution in [-0.4, -0.2) is 82.4 Å². The summed E-state index contributed by atoms with van der Waals surface area (Å²) < 4.78 is 40.9. The summed E-state index contributed by atoms with van der Waals surface area (Å²) in [5.41, 5.74) is 4.32. The number of anilines is 1. The van der Waals surface area contributed by atoms with Crippen LogP contribution in [0.3, 0.4) is 0 Å². The second-order valence-electron chi connectivity index (χ2n) is 11.3. The first-order valence-electron chi connectivity index (χ1n) is 15.5. The van der Waals surface area contributed by atoms with Crippen molar-refractivity contribution in [3.8, 4) is 6.07 Å². The lowest BCUT2D eigenvalue weighted by Gasteiger charge is -2.33. The minimum Gasteiger partial charge on any atom is -0.367 e. The minimum atomic E-state index is -4.25. The maximum absolute atomic E-state index is 12.9. The zero-order chi connectivity index (χ0) is 31.3. The number of benzene rings is 1. The molecule has 1 aromatic carbocycles. The number of aromatic nitrogens is 3. The van der Waals surface area contributed by atoms with E-state index in [2.05, 4.69) is 60.1 Å². The van der Waals surface area contributed by atoms with Crippen LogP contribution in [-0.2, 0) is 19.5 Å². The molecule has 2 aliphatic rings. The maximum atomic E-state index is 12.9. The van der Waals surface area contributed by atoms with Crippen molar-refractivity contribution in [2.24, 2.45) is 0 Å². The van der Waals surface area contributed by atoms with Gasteiger partial charge in [-0.3, -0.25) is 9.80 Å². The zero-order valence-corrected chi connectivity index (χ0v) is 26.5. The van der Waals surface area contributed by atoms with Crippen molar-refractivity contribution in [1.29, 1.82) is 5.26 Å². The number of nitrogens with zero attached hydrogens (tertiary/aromatic N) is 6. The average molecular weight is 627 g/mol. The predicted octanol–water partition coefficient (Wildman–Crippen LogP) is 5.94. The van der Waals surface area contributed by atoms with Gasteiger partial charge in [0.1, 0.15) is 28.7 Å². The third-order valence-corrected chi connectivity index (χ3v) is 9.55. The van der Waals surface area contributed by atoms with Crippen LogP contribution in [0.15, 0.2) is 30.6 Å². The molecule has 2 N–H and O–H groups in total. The van der Waals surface area contributed by atoms with E-state index < -0.39 is 12.6 Å². The number of hydrogen-bond acceptors (Lipinski definition) is 8. The van der Waals surface area contributed by atoms with Crippen molar-refractivity contribution in [2.45, 2.75) is 65.3 Å². The van der Waals surface area contributed by atoms with Gasteiger partial charge in [0.05, 0.1) is 11.8 Å². The molecule has 4 aromatic rings. The molecule has 2 fully saturated rings. The van der Waals surface area contributed by atoms with Gasteiger partial charge in [-0.15, -0.1) is 11.3 Å². The summed E-state index contributed by atoms with van der Waals surface area (Å²) in [6.45, 7) is 14.6. The maximum Gasteiger partial charge on any atom is 0.393 e. The van der Waals surface area contributed by atoms with Gasteiger partial charge >= 0.3 is 6.18 Å². The second kappa shape index (κ2) is 14.2. The quantitative estimate of drug-likeness (QED) is 0.251. The minimum absolute atomic E-state index is 0.191. The Labute approximate surface area is 260 Å². The van der Waals surface area contributed by atoms with E-state index in [9.17, 15) is 18.4 Å². The van der Waals surface area contributed by atoms with Crippen molar-refractivity contribution in [2.75, 3.05) is 51.1 Å². The van der Waals surface area contributed by atoms with Crippen LogP contribution in [0.1, 0.15) is 48.4 Å². The standard InChI is InChI=1S/C30H35F3N8S.C2H6/c1-20-21(2-3-27-25(20)14-23(17-34)41(27)13-12-39-10-6-35-7-11-39)18-40-8-4-22(5-9-40)38-28-26-15-24(16-30(31,32)33)42-29(26)37-19-36-28;1-2/h2-3,14-15,19,22,35H,4-13,16,18H2,1H3,(H,36,37,38);1-2H3. The van der Waals surface area contributed by atoms with Crippen LogP contribution < -0.4 is 10.6 Å². The van der Waals surface area contributed by atoms with Gasteiger partial charge in [0.25, 0.3) is 0 Å². The smallest absolute Gasteiger partial charge is 0.367 e. The first-order chi connectivity index (χ1) is 21.3. The Bertz CT molecular complexity index is 1590. The van der Waals surface area contributed by atoms with Crippen LogP contribution in [0.5, 0.6) is 0 Å². The van der Waals surface area contributed by atoms with Crippen molar-refractivity contribution in [1.82, 2.24) is 29.7 Å². The van der Waals surface area contributed by atoms with Gasteiger partial charge < -0.3 is 15.2 Å². The number of likely N-dealkylation sites (tertiary alicyclic amines) is 1. The van der Waals surface area contributed by atoms with E-state index in [0.717, 1.165) is 94.0 Å². The van der Waals surface area contributed by atoms with Crippen molar-refractivity contribution >= 4 is 38.3 Å². The molecule has 0 bridgehead atoms. The Hall–Kier alpha value is -3.24. The highest BCUT2D eigenvalue weighted by Gasteiger charge is 2.29. The number of nitriles is 1. The molecule has 12 heteroatoms. The number of rotatable bonds is 8. The molecule has 6 rings (SSSR count). The van der Waals surface area contributed by atoms with Gasteiger partial charge in [0.15, 0.2) is 0 Å². The van der Waals surface area contributed by atoms with Crippen LogP contribution in [0.4, 0.5) is 19.0 Å². The molecule has 8 nitrogen and oxygen atoms in total. The molecule has 0 saturated carbocycles. The van der Waals surface area contributed by atoms with E-state index in [0.29, 0.717) is 21.7 Å². The van der Waals surface area contributed by atoms with Crippen LogP contribution >= 0.6 is 11.3 Å². The van der Waals surface area contributed by atoms with E-state index in [1.54, 1.807) is 6.07 Å². The third-order valence-electron chi connectivity index (χ3n) is 8.51. The number of hydrogen-bond donors (Lipinski definition) is 2. The van der Waals surface area contributed by atoms with Crippen molar-refractivity contribution in [3.05, 3.63) is 52.3 Å². The Balaban J connectivity index is 0.00000188.